The van der Waals surface area contributed by atoms with Crippen molar-refractivity contribution in [2.45, 2.75) is 20.8 Å². The second-order valence-corrected chi connectivity index (χ2v) is 4.82. The third kappa shape index (κ3) is 4.46. The molecule has 0 spiro atoms. The van der Waals surface area contributed by atoms with Gasteiger partial charge in [-0.15, -0.1) is 0 Å². The highest BCUT2D eigenvalue weighted by atomic mass is 32.2. The lowest BCUT2D eigenvalue weighted by Gasteiger charge is -2.01. The van der Waals surface area contributed by atoms with Crippen LogP contribution >= 0.6 is 11.8 Å². The first-order valence-corrected chi connectivity index (χ1v) is 6.23. The number of thioether (sulfide) groups is 1. The molecule has 0 radical (unpaired) electrons. The van der Waals surface area contributed by atoms with Gasteiger partial charge in [-0.2, -0.15) is 0 Å². The smallest absolute Gasteiger partial charge is 0.186 e. The molecule has 2 nitrogen and oxygen atoms in total. The Balaban J connectivity index is 2.77. The number of hydrogen-bond donors (Lipinski definition) is 0. The summed E-state index contributed by atoms with van der Waals surface area (Å²) in [5.74, 6) is 6.46. The Morgan fingerprint density at radius 3 is 2.53 bits per heavy atom. The van der Waals surface area contributed by atoms with Gasteiger partial charge in [0, 0.05) is 18.1 Å². The zero-order valence-corrected chi connectivity index (χ0v) is 11.0. The van der Waals surface area contributed by atoms with Crippen LogP contribution in [0, 0.1) is 18.8 Å². The van der Waals surface area contributed by atoms with Gasteiger partial charge in [0.25, 0.3) is 0 Å². The minimum Gasteiger partial charge on any atom is -0.295 e. The molecule has 0 aliphatic heterocycles. The zero-order valence-electron chi connectivity index (χ0n) is 10.2. The molecule has 0 bridgehead atoms. The lowest BCUT2D eigenvalue weighted by Crippen LogP contribution is -1.96. The number of carbonyl (C=O) groups is 2. The standard InChI is InChI=1S/C14H14O2S/c1-10-9-13(5-4-8-17-12(3)16)6-7-14(10)11(2)15/h6-7,9H,8H2,1-3H3. The van der Waals surface area contributed by atoms with Crippen molar-refractivity contribution in [3.63, 3.8) is 0 Å². The van der Waals surface area contributed by atoms with Crippen molar-refractivity contribution in [2.24, 2.45) is 0 Å². The van der Waals surface area contributed by atoms with Crippen LogP contribution in [0.3, 0.4) is 0 Å². The van der Waals surface area contributed by atoms with Crippen LogP contribution in [0.25, 0.3) is 0 Å². The molecule has 0 amide bonds. The monoisotopic (exact) mass is 246 g/mol. The van der Waals surface area contributed by atoms with Crippen molar-refractivity contribution >= 4 is 22.7 Å². The van der Waals surface area contributed by atoms with E-state index in [1.807, 2.05) is 19.1 Å². The van der Waals surface area contributed by atoms with Crippen LogP contribution in [0.15, 0.2) is 18.2 Å². The van der Waals surface area contributed by atoms with E-state index in [9.17, 15) is 9.59 Å². The fraction of sp³-hybridized carbons (Fsp3) is 0.286. The third-order valence-corrected chi connectivity index (χ3v) is 2.88. The number of aryl methyl sites for hydroxylation is 1. The Kier molecular flexibility index (Phi) is 4.99. The first kappa shape index (κ1) is 13.5. The van der Waals surface area contributed by atoms with Crippen molar-refractivity contribution < 1.29 is 9.59 Å². The number of benzene rings is 1. The Morgan fingerprint density at radius 2 is 2.00 bits per heavy atom. The highest BCUT2D eigenvalue weighted by molar-refractivity contribution is 8.13. The van der Waals surface area contributed by atoms with Gasteiger partial charge in [0.2, 0.25) is 0 Å². The maximum atomic E-state index is 11.2. The summed E-state index contributed by atoms with van der Waals surface area (Å²) in [6.07, 6.45) is 0. The molecule has 0 aliphatic carbocycles. The summed E-state index contributed by atoms with van der Waals surface area (Å²) in [7, 11) is 0. The Morgan fingerprint density at radius 1 is 1.29 bits per heavy atom. The zero-order chi connectivity index (χ0) is 12.8. The predicted octanol–water partition coefficient (Wildman–Crippen LogP) is 2.83. The quantitative estimate of drug-likeness (QED) is 0.594. The summed E-state index contributed by atoms with van der Waals surface area (Å²) in [4.78, 5) is 21.9. The van der Waals surface area contributed by atoms with E-state index in [1.54, 1.807) is 13.0 Å². The molecule has 0 saturated heterocycles. The van der Waals surface area contributed by atoms with Crippen molar-refractivity contribution in [3.05, 3.63) is 34.9 Å². The van der Waals surface area contributed by atoms with Crippen molar-refractivity contribution in [3.8, 4) is 11.8 Å². The van der Waals surface area contributed by atoms with Gasteiger partial charge in [-0.05, 0) is 37.6 Å². The van der Waals surface area contributed by atoms with E-state index in [2.05, 4.69) is 11.8 Å². The third-order valence-electron chi connectivity index (χ3n) is 2.19. The average Bonchev–Trinajstić information content (AvgIpc) is 2.23. The van der Waals surface area contributed by atoms with Gasteiger partial charge in [0.15, 0.2) is 10.9 Å². The molecule has 0 saturated carbocycles. The van der Waals surface area contributed by atoms with Crippen LogP contribution in [0.5, 0.6) is 0 Å². The van der Waals surface area contributed by atoms with Crippen LogP contribution in [0.4, 0.5) is 0 Å². The Labute approximate surface area is 106 Å². The largest absolute Gasteiger partial charge is 0.295 e. The molecule has 0 fully saturated rings. The number of ketones is 1. The number of carbonyl (C=O) groups excluding carboxylic acids is 2. The lowest BCUT2D eigenvalue weighted by atomic mass is 10.0. The van der Waals surface area contributed by atoms with Crippen molar-refractivity contribution in [1.82, 2.24) is 0 Å². The van der Waals surface area contributed by atoms with Gasteiger partial charge in [-0.3, -0.25) is 9.59 Å². The summed E-state index contributed by atoms with van der Waals surface area (Å²) in [5, 5.41) is 0.0717. The normalized spacial score (nSPS) is 9.35. The second-order valence-electron chi connectivity index (χ2n) is 3.67. The van der Waals surface area contributed by atoms with Crippen molar-refractivity contribution in [2.75, 3.05) is 5.75 Å². The van der Waals surface area contributed by atoms with Gasteiger partial charge >= 0.3 is 0 Å². The molecule has 3 heteroatoms. The molecular weight excluding hydrogens is 232 g/mol. The van der Waals surface area contributed by atoms with Gasteiger partial charge in [-0.1, -0.05) is 23.6 Å². The molecule has 0 unspecified atom stereocenters. The topological polar surface area (TPSA) is 34.1 Å². The van der Waals surface area contributed by atoms with Crippen LogP contribution in [-0.4, -0.2) is 16.7 Å². The highest BCUT2D eigenvalue weighted by Crippen LogP contribution is 2.11. The van der Waals surface area contributed by atoms with E-state index < -0.39 is 0 Å². The summed E-state index contributed by atoms with van der Waals surface area (Å²) in [5.41, 5.74) is 2.54. The van der Waals surface area contributed by atoms with Gasteiger partial charge in [0.05, 0.1) is 5.75 Å². The lowest BCUT2D eigenvalue weighted by molar-refractivity contribution is -0.109. The van der Waals surface area contributed by atoms with Crippen LogP contribution in [-0.2, 0) is 4.79 Å². The second kappa shape index (κ2) is 6.27. The summed E-state index contributed by atoms with van der Waals surface area (Å²) in [6.45, 7) is 4.97. The van der Waals surface area contributed by atoms with E-state index >= 15 is 0 Å². The first-order valence-electron chi connectivity index (χ1n) is 5.24. The molecule has 0 aliphatic rings. The van der Waals surface area contributed by atoms with Gasteiger partial charge < -0.3 is 0 Å². The fourth-order valence-electron chi connectivity index (χ4n) is 1.41. The van der Waals surface area contributed by atoms with Gasteiger partial charge in [0.1, 0.15) is 0 Å². The maximum Gasteiger partial charge on any atom is 0.186 e. The van der Waals surface area contributed by atoms with E-state index in [-0.39, 0.29) is 10.9 Å². The Hall–Kier alpha value is -1.53. The molecule has 0 N–H and O–H groups in total. The Bertz CT molecular complexity index is 507. The predicted molar refractivity (Wildman–Crippen MR) is 71.2 cm³/mol. The molecular formula is C14H14O2S. The molecule has 1 aromatic carbocycles. The van der Waals surface area contributed by atoms with E-state index in [1.165, 1.54) is 18.7 Å². The first-order chi connectivity index (χ1) is 8.00. The minimum absolute atomic E-state index is 0.0640. The summed E-state index contributed by atoms with van der Waals surface area (Å²) >= 11 is 1.20. The van der Waals surface area contributed by atoms with E-state index in [0.29, 0.717) is 5.75 Å². The maximum absolute atomic E-state index is 11.2. The number of hydrogen-bond acceptors (Lipinski definition) is 3. The molecule has 17 heavy (non-hydrogen) atoms. The fourth-order valence-corrected chi connectivity index (χ4v) is 1.76. The number of rotatable bonds is 2. The average molecular weight is 246 g/mol. The highest BCUT2D eigenvalue weighted by Gasteiger charge is 2.02. The van der Waals surface area contributed by atoms with Gasteiger partial charge in [-0.25, -0.2) is 0 Å². The molecule has 0 aromatic heterocycles. The SMILES string of the molecule is CC(=O)SCC#Cc1ccc(C(C)=O)c(C)c1. The molecule has 1 aromatic rings. The van der Waals surface area contributed by atoms with Crippen LogP contribution < -0.4 is 0 Å². The van der Waals surface area contributed by atoms with Crippen LogP contribution in [0.2, 0.25) is 0 Å². The van der Waals surface area contributed by atoms with E-state index in [4.69, 9.17) is 0 Å². The molecule has 0 atom stereocenters. The molecule has 1 rings (SSSR count). The van der Waals surface area contributed by atoms with Crippen LogP contribution in [0.1, 0.15) is 35.3 Å². The molecule has 0 heterocycles. The van der Waals surface area contributed by atoms with E-state index in [0.717, 1.165) is 16.7 Å². The summed E-state index contributed by atoms with van der Waals surface area (Å²) in [6, 6.07) is 5.51. The van der Waals surface area contributed by atoms with Crippen molar-refractivity contribution in [1.29, 1.82) is 0 Å². The summed E-state index contributed by atoms with van der Waals surface area (Å²) < 4.78 is 0. The number of Topliss-reactive ketones (excluding diaryl/α,β-unsaturated/α-hetero) is 1. The minimum atomic E-state index is 0.0640. The molecule has 88 valence electrons.